The second-order valence-corrected chi connectivity index (χ2v) is 10.9. The van der Waals surface area contributed by atoms with Crippen LogP contribution in [0.3, 0.4) is 0 Å². The first-order chi connectivity index (χ1) is 19.7. The molecule has 0 aliphatic rings. The number of hydrogen-bond donors (Lipinski definition) is 2. The Hall–Kier alpha value is -4.40. The minimum atomic E-state index is -0.491. The number of aromatic nitrogens is 1. The average molecular weight is 630 g/mol. The van der Waals surface area contributed by atoms with Crippen molar-refractivity contribution in [2.75, 3.05) is 19.0 Å². The van der Waals surface area contributed by atoms with Crippen molar-refractivity contribution in [3.8, 4) is 16.9 Å². The van der Waals surface area contributed by atoms with E-state index in [0.717, 1.165) is 32.2 Å². The molecule has 0 saturated carbocycles. The first-order valence-corrected chi connectivity index (χ1v) is 13.9. The van der Waals surface area contributed by atoms with Crippen LogP contribution in [0.1, 0.15) is 32.0 Å². The molecule has 206 valence electrons. The minimum absolute atomic E-state index is 0.302. The molecule has 41 heavy (non-hydrogen) atoms. The van der Waals surface area contributed by atoms with E-state index in [4.69, 9.17) is 16.3 Å². The maximum atomic E-state index is 13.5. The third-order valence-electron chi connectivity index (χ3n) is 6.47. The fraction of sp³-hybridized carbons (Fsp3) is 0.0938. The summed E-state index contributed by atoms with van der Waals surface area (Å²) in [6.45, 7) is 1.91. The Bertz CT molecular complexity index is 1810. The first kappa shape index (κ1) is 28.1. The van der Waals surface area contributed by atoms with Gasteiger partial charge < -0.3 is 14.6 Å². The van der Waals surface area contributed by atoms with Crippen molar-refractivity contribution < 1.29 is 14.3 Å². The number of nitrogens with one attached hydrogen (secondary N) is 2. The van der Waals surface area contributed by atoms with Crippen molar-refractivity contribution >= 4 is 62.2 Å². The highest BCUT2D eigenvalue weighted by Crippen LogP contribution is 2.38. The summed E-state index contributed by atoms with van der Waals surface area (Å²) in [5.74, 6) is -0.641. The van der Waals surface area contributed by atoms with Crippen LogP contribution in [0, 0.1) is 6.92 Å². The van der Waals surface area contributed by atoms with Gasteiger partial charge in [-0.3, -0.25) is 4.79 Å². The van der Waals surface area contributed by atoms with E-state index < -0.39 is 11.9 Å². The normalized spacial score (nSPS) is 11.1. The fourth-order valence-corrected chi connectivity index (χ4v) is 5.04. The molecule has 5 aromatic rings. The molecular weight excluding hydrogens is 604 g/mol. The highest BCUT2D eigenvalue weighted by Gasteiger charge is 2.21. The molecule has 0 fully saturated rings. The lowest BCUT2D eigenvalue weighted by molar-refractivity contribution is 0.0734. The highest BCUT2D eigenvalue weighted by atomic mass is 79.9. The topological polar surface area (TPSA) is 86.8 Å². The third kappa shape index (κ3) is 6.19. The van der Waals surface area contributed by atoms with Gasteiger partial charge in [0.2, 0.25) is 0 Å². The summed E-state index contributed by atoms with van der Waals surface area (Å²) in [5.41, 5.74) is 7.99. The Labute approximate surface area is 250 Å². The van der Waals surface area contributed by atoms with Gasteiger partial charge in [0, 0.05) is 56.9 Å². The van der Waals surface area contributed by atoms with Crippen molar-refractivity contribution in [2.24, 2.45) is 5.10 Å². The largest absolute Gasteiger partial charge is 0.422 e. The number of benzene rings is 4. The molecule has 0 aliphatic heterocycles. The minimum Gasteiger partial charge on any atom is -0.422 e. The number of fused-ring (bicyclic) bond motifs is 1. The molecule has 1 amide bonds. The lowest BCUT2D eigenvalue weighted by atomic mass is 10.0. The van der Waals surface area contributed by atoms with Gasteiger partial charge in [-0.05, 0) is 61.5 Å². The number of aromatic amines is 1. The van der Waals surface area contributed by atoms with Crippen molar-refractivity contribution in [3.05, 3.63) is 117 Å². The Morgan fingerprint density at radius 3 is 2.56 bits per heavy atom. The van der Waals surface area contributed by atoms with Crippen LogP contribution in [-0.2, 0) is 0 Å². The molecule has 1 aromatic heterocycles. The Morgan fingerprint density at radius 1 is 1.00 bits per heavy atom. The molecular formula is C32H26BrClN4O3. The number of aryl methyl sites for hydroxylation is 1. The Balaban J connectivity index is 1.45. The maximum Gasteiger partial charge on any atom is 0.343 e. The zero-order valence-electron chi connectivity index (χ0n) is 22.5. The second-order valence-electron chi connectivity index (χ2n) is 9.62. The van der Waals surface area contributed by atoms with E-state index in [1.165, 1.54) is 6.21 Å². The quantitative estimate of drug-likeness (QED) is 0.0840. The molecule has 0 spiro atoms. The van der Waals surface area contributed by atoms with Gasteiger partial charge in [0.1, 0.15) is 11.4 Å². The van der Waals surface area contributed by atoms with Crippen molar-refractivity contribution in [1.29, 1.82) is 0 Å². The van der Waals surface area contributed by atoms with Crippen LogP contribution in [0.15, 0.2) is 94.5 Å². The van der Waals surface area contributed by atoms with E-state index in [2.05, 4.69) is 31.4 Å². The predicted octanol–water partition coefficient (Wildman–Crippen LogP) is 7.61. The summed E-state index contributed by atoms with van der Waals surface area (Å²) in [7, 11) is 3.92. The van der Waals surface area contributed by atoms with E-state index in [9.17, 15) is 9.59 Å². The van der Waals surface area contributed by atoms with Crippen molar-refractivity contribution in [2.45, 2.75) is 6.92 Å². The number of ether oxygens (including phenoxy) is 1. The number of nitrogens with zero attached hydrogens (tertiary/aromatic N) is 2. The summed E-state index contributed by atoms with van der Waals surface area (Å²) in [4.78, 5) is 31.5. The van der Waals surface area contributed by atoms with Gasteiger partial charge in [-0.1, -0.05) is 63.4 Å². The number of hydrogen-bond acceptors (Lipinski definition) is 5. The molecule has 4 aromatic carbocycles. The molecule has 0 bridgehead atoms. The lowest BCUT2D eigenvalue weighted by Crippen LogP contribution is -2.19. The van der Waals surface area contributed by atoms with Gasteiger partial charge in [-0.15, -0.1) is 0 Å². The molecule has 7 nitrogen and oxygen atoms in total. The highest BCUT2D eigenvalue weighted by molar-refractivity contribution is 9.10. The number of halogens is 2. The van der Waals surface area contributed by atoms with E-state index in [1.54, 1.807) is 42.5 Å². The number of amides is 1. The Kier molecular flexibility index (Phi) is 8.23. The summed E-state index contributed by atoms with van der Waals surface area (Å²) >= 11 is 10.0. The zero-order valence-corrected chi connectivity index (χ0v) is 24.9. The SMILES string of the molecule is Cc1cccc(C(=O)Oc2ccc(Br)cc2C=NNC(=O)c2[nH]c3ccc(N(C)C)cc3c2-c2ccccc2Cl)c1. The summed E-state index contributed by atoms with van der Waals surface area (Å²) in [6.07, 6.45) is 1.43. The predicted molar refractivity (Wildman–Crippen MR) is 168 cm³/mol. The summed E-state index contributed by atoms with van der Waals surface area (Å²) in [6, 6.07) is 25.6. The average Bonchev–Trinajstić information content (AvgIpc) is 3.33. The molecule has 1 heterocycles. The number of carbonyl (C=O) groups excluding carboxylic acids is 2. The van der Waals surface area contributed by atoms with E-state index in [1.807, 2.05) is 68.4 Å². The Morgan fingerprint density at radius 2 is 1.80 bits per heavy atom. The van der Waals surface area contributed by atoms with Gasteiger partial charge >= 0.3 is 5.97 Å². The molecule has 0 unspecified atom stereocenters. The van der Waals surface area contributed by atoms with Gasteiger partial charge in [-0.25, -0.2) is 10.2 Å². The monoisotopic (exact) mass is 628 g/mol. The molecule has 0 radical (unpaired) electrons. The van der Waals surface area contributed by atoms with Gasteiger partial charge in [0.15, 0.2) is 0 Å². The van der Waals surface area contributed by atoms with Crippen molar-refractivity contribution in [3.63, 3.8) is 0 Å². The van der Waals surface area contributed by atoms with E-state index in [0.29, 0.717) is 33.2 Å². The van der Waals surface area contributed by atoms with Crippen LogP contribution in [-0.4, -0.2) is 37.2 Å². The number of carbonyl (C=O) groups is 2. The van der Waals surface area contributed by atoms with Crippen LogP contribution >= 0.6 is 27.5 Å². The molecule has 0 saturated heterocycles. The zero-order chi connectivity index (χ0) is 29.1. The number of esters is 1. The smallest absolute Gasteiger partial charge is 0.343 e. The lowest BCUT2D eigenvalue weighted by Gasteiger charge is -2.13. The maximum absolute atomic E-state index is 13.5. The van der Waals surface area contributed by atoms with Crippen LogP contribution < -0.4 is 15.1 Å². The number of H-pyrrole nitrogens is 1. The van der Waals surface area contributed by atoms with Gasteiger partial charge in [0.25, 0.3) is 5.91 Å². The molecule has 0 aliphatic carbocycles. The van der Waals surface area contributed by atoms with Crippen molar-refractivity contribution in [1.82, 2.24) is 10.4 Å². The fourth-order valence-electron chi connectivity index (χ4n) is 4.43. The van der Waals surface area contributed by atoms with Gasteiger partial charge in [0.05, 0.1) is 11.8 Å². The molecule has 2 N–H and O–H groups in total. The number of hydrazone groups is 1. The van der Waals surface area contributed by atoms with Crippen LogP contribution in [0.25, 0.3) is 22.0 Å². The molecule has 5 rings (SSSR count). The molecule has 9 heteroatoms. The standard InChI is InChI=1S/C32H26BrClN4O3/c1-19-7-6-8-20(15-19)32(40)41-28-14-11-22(33)16-21(28)18-35-37-31(39)30-29(24-9-4-5-10-26(24)34)25-17-23(38(2)3)12-13-27(25)36-30/h4-18,36H,1-3H3,(H,37,39). The summed E-state index contributed by atoms with van der Waals surface area (Å²) in [5, 5.41) is 5.57. The van der Waals surface area contributed by atoms with Crippen LogP contribution in [0.2, 0.25) is 5.02 Å². The van der Waals surface area contributed by atoms with Crippen LogP contribution in [0.4, 0.5) is 5.69 Å². The summed E-state index contributed by atoms with van der Waals surface area (Å²) < 4.78 is 6.41. The number of anilines is 1. The van der Waals surface area contributed by atoms with Crippen LogP contribution in [0.5, 0.6) is 5.75 Å². The molecule has 0 atom stereocenters. The second kappa shape index (κ2) is 12.0. The van der Waals surface area contributed by atoms with Gasteiger partial charge in [-0.2, -0.15) is 5.10 Å². The van der Waals surface area contributed by atoms with E-state index in [-0.39, 0.29) is 0 Å². The number of rotatable bonds is 7. The first-order valence-electron chi connectivity index (χ1n) is 12.7. The van der Waals surface area contributed by atoms with E-state index >= 15 is 0 Å². The third-order valence-corrected chi connectivity index (χ3v) is 7.29.